The smallest absolute Gasteiger partial charge is 0.402 e. The van der Waals surface area contributed by atoms with Crippen LogP contribution in [0.4, 0.5) is 0 Å². The average Bonchev–Trinajstić information content (AvgIpc) is 2.19. The molecule has 88 valence electrons. The first kappa shape index (κ1) is 14.8. The predicted octanol–water partition coefficient (Wildman–Crippen LogP) is -4.07. The molecule has 0 aromatic carbocycles. The van der Waals surface area contributed by atoms with Crippen LogP contribution in [0.3, 0.4) is 0 Å². The summed E-state index contributed by atoms with van der Waals surface area (Å²) in [4.78, 5) is 0. The Kier molecular flexibility index (Phi) is 7.05. The van der Waals surface area contributed by atoms with Crippen LogP contribution in [0, 0.1) is 5.41 Å². The minimum Gasteiger partial charge on any atom is -0.402 e. The van der Waals surface area contributed by atoms with E-state index in [2.05, 4.69) is 9.31 Å². The van der Waals surface area contributed by atoms with Crippen molar-refractivity contribution in [3.05, 3.63) is 0 Å². The summed E-state index contributed by atoms with van der Waals surface area (Å²) < 4.78 is 8.74. The lowest BCUT2D eigenvalue weighted by Crippen LogP contribution is -2.43. The van der Waals surface area contributed by atoms with E-state index in [1.165, 1.54) is 0 Å². The largest absolute Gasteiger partial charge is 0.633 e. The van der Waals surface area contributed by atoms with Gasteiger partial charge in [-0.15, -0.1) is 0 Å². The van der Waals surface area contributed by atoms with E-state index in [4.69, 9.17) is 30.3 Å². The number of rotatable bonds is 8. The molecule has 0 heterocycles. The predicted molar refractivity (Wildman–Crippen MR) is 48.9 cm³/mol. The van der Waals surface area contributed by atoms with Gasteiger partial charge in [0.2, 0.25) is 0 Å². The summed E-state index contributed by atoms with van der Waals surface area (Å²) in [6.45, 7) is -1.99. The zero-order valence-electron chi connectivity index (χ0n) is 7.98. The second-order valence-electron chi connectivity index (χ2n) is 3.09. The fourth-order valence-electron chi connectivity index (χ4n) is 0.777. The van der Waals surface area contributed by atoms with Gasteiger partial charge in [0.1, 0.15) is 0 Å². The molecule has 0 saturated carbocycles. The molecule has 0 saturated heterocycles. The third kappa shape index (κ3) is 6.07. The molecule has 10 heteroatoms. The second-order valence-corrected chi connectivity index (χ2v) is 3.09. The molecule has 15 heavy (non-hydrogen) atoms. The van der Waals surface area contributed by atoms with E-state index in [1.54, 1.807) is 0 Å². The highest BCUT2D eigenvalue weighted by Gasteiger charge is 2.33. The van der Waals surface area contributed by atoms with Crippen molar-refractivity contribution in [2.24, 2.45) is 5.41 Å². The van der Waals surface area contributed by atoms with Gasteiger partial charge < -0.3 is 39.6 Å². The Morgan fingerprint density at radius 2 is 1.13 bits per heavy atom. The fraction of sp³-hybridized carbons (Fsp3) is 1.00. The molecule has 0 atom stereocenters. The van der Waals surface area contributed by atoms with Crippen LogP contribution < -0.4 is 0 Å². The molecule has 0 rings (SSSR count). The van der Waals surface area contributed by atoms with Gasteiger partial charge in [0.05, 0.1) is 18.6 Å². The summed E-state index contributed by atoms with van der Waals surface area (Å²) in [5, 5.41) is 51.6. The van der Waals surface area contributed by atoms with Crippen molar-refractivity contribution in [1.82, 2.24) is 0 Å². The van der Waals surface area contributed by atoms with Crippen LogP contribution in [0.5, 0.6) is 0 Å². The topological polar surface area (TPSA) is 140 Å². The summed E-state index contributed by atoms with van der Waals surface area (Å²) in [5.74, 6) is 0. The molecule has 0 aliphatic carbocycles. The molecule has 0 aromatic rings. The Labute approximate surface area is 87.0 Å². The highest BCUT2D eigenvalue weighted by atomic mass is 16.6. The molecule has 0 amide bonds. The van der Waals surface area contributed by atoms with Gasteiger partial charge in [-0.3, -0.25) is 0 Å². The molecule has 0 unspecified atom stereocenters. The van der Waals surface area contributed by atoms with Gasteiger partial charge >= 0.3 is 14.6 Å². The van der Waals surface area contributed by atoms with E-state index in [-0.39, 0.29) is 0 Å². The first-order valence-electron chi connectivity index (χ1n) is 4.13. The maximum atomic E-state index is 8.96. The van der Waals surface area contributed by atoms with Crippen molar-refractivity contribution < 1.29 is 39.6 Å². The molecular formula is C5H14B2O8. The Morgan fingerprint density at radius 3 is 1.33 bits per heavy atom. The van der Waals surface area contributed by atoms with Gasteiger partial charge in [-0.25, -0.2) is 0 Å². The van der Waals surface area contributed by atoms with Gasteiger partial charge in [-0.05, 0) is 0 Å². The maximum Gasteiger partial charge on any atom is 0.633 e. The lowest BCUT2D eigenvalue weighted by molar-refractivity contribution is -0.0384. The van der Waals surface area contributed by atoms with Crippen molar-refractivity contribution in [2.75, 3.05) is 26.4 Å². The van der Waals surface area contributed by atoms with Gasteiger partial charge in [0.25, 0.3) is 0 Å². The van der Waals surface area contributed by atoms with Crippen LogP contribution in [-0.4, -0.2) is 71.4 Å². The minimum atomic E-state index is -2.04. The number of aliphatic hydroxyl groups excluding tert-OH is 2. The third-order valence-electron chi connectivity index (χ3n) is 1.75. The van der Waals surface area contributed by atoms with Crippen LogP contribution in [0.2, 0.25) is 0 Å². The van der Waals surface area contributed by atoms with E-state index in [1.807, 2.05) is 0 Å². The van der Waals surface area contributed by atoms with E-state index in [0.717, 1.165) is 0 Å². The van der Waals surface area contributed by atoms with E-state index in [0.29, 0.717) is 0 Å². The number of hydrogen-bond donors (Lipinski definition) is 6. The van der Waals surface area contributed by atoms with Gasteiger partial charge in [0.15, 0.2) is 0 Å². The Balaban J connectivity index is 4.17. The average molecular weight is 224 g/mol. The Bertz CT molecular complexity index is 147. The standard InChI is InChI=1S/C5H14B2O8/c8-1-5(2-9,3-14-6(10)11)4-15-7(12)13/h8-13H,1-4H2. The summed E-state index contributed by atoms with van der Waals surface area (Å²) in [6, 6.07) is 0. The zero-order valence-corrected chi connectivity index (χ0v) is 7.98. The number of hydrogen-bond acceptors (Lipinski definition) is 8. The van der Waals surface area contributed by atoms with E-state index < -0.39 is 46.5 Å². The van der Waals surface area contributed by atoms with Gasteiger partial charge in [-0.2, -0.15) is 0 Å². The highest BCUT2D eigenvalue weighted by molar-refractivity contribution is 6.32. The fourth-order valence-corrected chi connectivity index (χ4v) is 0.777. The monoisotopic (exact) mass is 224 g/mol. The minimum absolute atomic E-state index is 0.412. The molecule has 8 nitrogen and oxygen atoms in total. The molecule has 0 spiro atoms. The lowest BCUT2D eigenvalue weighted by atomic mass is 9.91. The van der Waals surface area contributed by atoms with E-state index in [9.17, 15) is 0 Å². The SMILES string of the molecule is OCC(CO)(COB(O)O)COB(O)O. The first-order valence-corrected chi connectivity index (χ1v) is 4.13. The molecule has 6 N–H and O–H groups in total. The van der Waals surface area contributed by atoms with Crippen LogP contribution in [0.15, 0.2) is 0 Å². The summed E-state index contributed by atoms with van der Waals surface area (Å²) in [6.07, 6.45) is 0. The van der Waals surface area contributed by atoms with Crippen LogP contribution in [0.25, 0.3) is 0 Å². The quantitative estimate of drug-likeness (QED) is 0.229. The van der Waals surface area contributed by atoms with Crippen LogP contribution >= 0.6 is 0 Å². The van der Waals surface area contributed by atoms with Crippen molar-refractivity contribution in [2.45, 2.75) is 0 Å². The highest BCUT2D eigenvalue weighted by Crippen LogP contribution is 2.17. The summed E-state index contributed by atoms with van der Waals surface area (Å²) in [7, 11) is -4.08. The van der Waals surface area contributed by atoms with Gasteiger partial charge in [0, 0.05) is 13.2 Å². The second kappa shape index (κ2) is 7.14. The molecule has 0 aliphatic heterocycles. The Hall–Kier alpha value is -0.190. The molecular weight excluding hydrogens is 210 g/mol. The van der Waals surface area contributed by atoms with Crippen LogP contribution in [0.1, 0.15) is 0 Å². The van der Waals surface area contributed by atoms with Crippen molar-refractivity contribution >= 4 is 14.6 Å². The summed E-state index contributed by atoms with van der Waals surface area (Å²) in [5.41, 5.74) is -1.33. The first-order chi connectivity index (χ1) is 6.95. The van der Waals surface area contributed by atoms with E-state index >= 15 is 0 Å². The molecule has 0 bridgehead atoms. The molecule has 0 fully saturated rings. The normalized spacial score (nSPS) is 11.6. The lowest BCUT2D eigenvalue weighted by Gasteiger charge is -2.29. The van der Waals surface area contributed by atoms with Crippen molar-refractivity contribution in [3.8, 4) is 0 Å². The number of aliphatic hydroxyl groups is 2. The summed E-state index contributed by atoms with van der Waals surface area (Å²) >= 11 is 0. The Morgan fingerprint density at radius 1 is 0.800 bits per heavy atom. The van der Waals surface area contributed by atoms with Crippen molar-refractivity contribution in [3.63, 3.8) is 0 Å². The van der Waals surface area contributed by atoms with Crippen LogP contribution in [-0.2, 0) is 9.31 Å². The zero-order chi connectivity index (χ0) is 11.9. The van der Waals surface area contributed by atoms with Crippen molar-refractivity contribution in [1.29, 1.82) is 0 Å². The maximum absolute atomic E-state index is 8.96. The third-order valence-corrected chi connectivity index (χ3v) is 1.75. The molecule has 0 aliphatic rings. The molecule has 0 aromatic heterocycles. The molecule has 0 radical (unpaired) electrons. The van der Waals surface area contributed by atoms with Gasteiger partial charge in [-0.1, -0.05) is 0 Å².